The fraction of sp³-hybridized carbons (Fsp3) is 0.211. The number of aryl methyl sites for hydroxylation is 2. The maximum absolute atomic E-state index is 5.76. The molecule has 2 aromatic carbocycles. The number of imidazole rings is 1. The molecule has 0 aliphatic heterocycles. The summed E-state index contributed by atoms with van der Waals surface area (Å²) in [6, 6.07) is 13.8. The number of rotatable bonds is 5. The van der Waals surface area contributed by atoms with Crippen LogP contribution >= 0.6 is 0 Å². The zero-order chi connectivity index (χ0) is 17.2. The topological polar surface area (TPSA) is 66.0 Å². The van der Waals surface area contributed by atoms with E-state index in [0.29, 0.717) is 11.7 Å². The second-order valence-corrected chi connectivity index (χ2v) is 5.80. The van der Waals surface area contributed by atoms with Crippen LogP contribution in [0.5, 0.6) is 5.75 Å². The van der Waals surface area contributed by atoms with E-state index >= 15 is 0 Å². The van der Waals surface area contributed by atoms with Gasteiger partial charge in [-0.1, -0.05) is 23.4 Å². The number of para-hydroxylation sites is 1. The standard InChI is InChI=1S/C19H18N4O2/c1-3-23-12-20-15-9-8-14(10-16(15)23)19-21-18(25-22-19)11-24-17-7-5-4-6-13(17)2/h4-10,12H,3,11H2,1-2H3. The first-order chi connectivity index (χ1) is 12.2. The summed E-state index contributed by atoms with van der Waals surface area (Å²) in [5.74, 6) is 1.81. The first-order valence-electron chi connectivity index (χ1n) is 8.21. The van der Waals surface area contributed by atoms with Crippen molar-refractivity contribution in [1.29, 1.82) is 0 Å². The molecule has 0 unspecified atom stereocenters. The van der Waals surface area contributed by atoms with E-state index in [2.05, 4.69) is 26.6 Å². The van der Waals surface area contributed by atoms with Crippen LogP contribution in [0.15, 0.2) is 53.3 Å². The minimum Gasteiger partial charge on any atom is -0.483 e. The van der Waals surface area contributed by atoms with Gasteiger partial charge in [0.2, 0.25) is 5.82 Å². The summed E-state index contributed by atoms with van der Waals surface area (Å²) < 4.78 is 13.2. The maximum atomic E-state index is 5.76. The van der Waals surface area contributed by atoms with E-state index in [9.17, 15) is 0 Å². The Kier molecular flexibility index (Phi) is 3.93. The Labute approximate surface area is 145 Å². The number of benzene rings is 2. The molecule has 4 aromatic rings. The second kappa shape index (κ2) is 6.39. The van der Waals surface area contributed by atoms with Gasteiger partial charge in [-0.05, 0) is 43.7 Å². The molecule has 0 radical (unpaired) electrons. The van der Waals surface area contributed by atoms with Crippen molar-refractivity contribution in [3.63, 3.8) is 0 Å². The Morgan fingerprint density at radius 1 is 1.16 bits per heavy atom. The van der Waals surface area contributed by atoms with Gasteiger partial charge < -0.3 is 13.8 Å². The molecule has 0 aliphatic carbocycles. The first kappa shape index (κ1) is 15.4. The highest BCUT2D eigenvalue weighted by molar-refractivity contribution is 5.80. The summed E-state index contributed by atoms with van der Waals surface area (Å²) >= 11 is 0. The van der Waals surface area contributed by atoms with E-state index in [0.717, 1.165) is 34.5 Å². The zero-order valence-electron chi connectivity index (χ0n) is 14.1. The molecule has 6 nitrogen and oxygen atoms in total. The number of hydrogen-bond donors (Lipinski definition) is 0. The molecule has 4 rings (SSSR count). The van der Waals surface area contributed by atoms with Gasteiger partial charge in [0.05, 0.1) is 17.4 Å². The van der Waals surface area contributed by atoms with Crippen molar-refractivity contribution in [2.45, 2.75) is 27.0 Å². The SMILES string of the molecule is CCn1cnc2ccc(-c3noc(COc4ccccc4C)n3)cc21. The van der Waals surface area contributed by atoms with Crippen LogP contribution in [-0.2, 0) is 13.2 Å². The zero-order valence-corrected chi connectivity index (χ0v) is 14.1. The third-order valence-corrected chi connectivity index (χ3v) is 4.13. The highest BCUT2D eigenvalue weighted by atomic mass is 16.5. The minimum atomic E-state index is 0.243. The van der Waals surface area contributed by atoms with Crippen LogP contribution in [0.4, 0.5) is 0 Å². The molecule has 25 heavy (non-hydrogen) atoms. The lowest BCUT2D eigenvalue weighted by atomic mass is 10.2. The lowest BCUT2D eigenvalue weighted by Crippen LogP contribution is -1.97. The van der Waals surface area contributed by atoms with Gasteiger partial charge in [-0.25, -0.2) is 4.98 Å². The van der Waals surface area contributed by atoms with Gasteiger partial charge in [0.15, 0.2) is 6.61 Å². The average Bonchev–Trinajstić information content (AvgIpc) is 3.27. The van der Waals surface area contributed by atoms with E-state index in [1.807, 2.05) is 55.7 Å². The maximum Gasteiger partial charge on any atom is 0.264 e. The predicted molar refractivity (Wildman–Crippen MR) is 94.2 cm³/mol. The molecule has 0 N–H and O–H groups in total. The van der Waals surface area contributed by atoms with Gasteiger partial charge in [-0.2, -0.15) is 4.98 Å². The summed E-state index contributed by atoms with van der Waals surface area (Å²) in [5.41, 5.74) is 3.98. The molecule has 0 saturated carbocycles. The third-order valence-electron chi connectivity index (χ3n) is 4.13. The van der Waals surface area contributed by atoms with Crippen molar-refractivity contribution in [3.05, 3.63) is 60.2 Å². The minimum absolute atomic E-state index is 0.243. The Morgan fingerprint density at radius 3 is 2.88 bits per heavy atom. The normalized spacial score (nSPS) is 11.1. The summed E-state index contributed by atoms with van der Waals surface area (Å²) in [6.45, 7) is 5.19. The smallest absolute Gasteiger partial charge is 0.264 e. The van der Waals surface area contributed by atoms with Crippen molar-refractivity contribution < 1.29 is 9.26 Å². The predicted octanol–water partition coefficient (Wildman–Crippen LogP) is 3.99. The van der Waals surface area contributed by atoms with E-state index in [1.165, 1.54) is 0 Å². The van der Waals surface area contributed by atoms with Crippen molar-refractivity contribution in [3.8, 4) is 17.1 Å². The van der Waals surface area contributed by atoms with Crippen LogP contribution in [0.25, 0.3) is 22.4 Å². The van der Waals surface area contributed by atoms with E-state index in [1.54, 1.807) is 0 Å². The van der Waals surface area contributed by atoms with E-state index in [-0.39, 0.29) is 6.61 Å². The number of nitrogens with zero attached hydrogens (tertiary/aromatic N) is 4. The number of ether oxygens (including phenoxy) is 1. The van der Waals surface area contributed by atoms with Gasteiger partial charge in [-0.15, -0.1) is 0 Å². The molecule has 2 aromatic heterocycles. The number of fused-ring (bicyclic) bond motifs is 1. The lowest BCUT2D eigenvalue weighted by molar-refractivity contribution is 0.242. The fourth-order valence-corrected chi connectivity index (χ4v) is 2.74. The third kappa shape index (κ3) is 2.98. The van der Waals surface area contributed by atoms with Crippen molar-refractivity contribution in [2.24, 2.45) is 0 Å². The molecular formula is C19H18N4O2. The first-order valence-corrected chi connectivity index (χ1v) is 8.21. The van der Waals surface area contributed by atoms with Crippen LogP contribution in [0.3, 0.4) is 0 Å². The highest BCUT2D eigenvalue weighted by Gasteiger charge is 2.12. The van der Waals surface area contributed by atoms with Crippen molar-refractivity contribution in [1.82, 2.24) is 19.7 Å². The molecule has 0 saturated heterocycles. The summed E-state index contributed by atoms with van der Waals surface area (Å²) in [6.07, 6.45) is 1.84. The molecule has 0 amide bonds. The molecule has 0 atom stereocenters. The highest BCUT2D eigenvalue weighted by Crippen LogP contribution is 2.23. The lowest BCUT2D eigenvalue weighted by Gasteiger charge is -2.05. The molecule has 0 spiro atoms. The molecule has 126 valence electrons. The number of hydrogen-bond acceptors (Lipinski definition) is 5. The van der Waals surface area contributed by atoms with Crippen molar-refractivity contribution in [2.75, 3.05) is 0 Å². The Morgan fingerprint density at radius 2 is 2.04 bits per heavy atom. The van der Waals surface area contributed by atoms with Gasteiger partial charge in [0.1, 0.15) is 5.75 Å². The monoisotopic (exact) mass is 334 g/mol. The van der Waals surface area contributed by atoms with E-state index < -0.39 is 0 Å². The van der Waals surface area contributed by atoms with Gasteiger partial charge >= 0.3 is 0 Å². The summed E-state index contributed by atoms with van der Waals surface area (Å²) in [5, 5.41) is 4.07. The van der Waals surface area contributed by atoms with Crippen molar-refractivity contribution >= 4 is 11.0 Å². The summed E-state index contributed by atoms with van der Waals surface area (Å²) in [4.78, 5) is 8.82. The fourth-order valence-electron chi connectivity index (χ4n) is 2.74. The Hall–Kier alpha value is -3.15. The van der Waals surface area contributed by atoms with Gasteiger partial charge in [-0.3, -0.25) is 0 Å². The van der Waals surface area contributed by atoms with Crippen LogP contribution in [0, 0.1) is 6.92 Å². The Bertz CT molecular complexity index is 1020. The quantitative estimate of drug-likeness (QED) is 0.552. The molecular weight excluding hydrogens is 316 g/mol. The van der Waals surface area contributed by atoms with Gasteiger partial charge in [0.25, 0.3) is 5.89 Å². The number of aromatic nitrogens is 4. The summed E-state index contributed by atoms with van der Waals surface area (Å²) in [7, 11) is 0. The molecule has 2 heterocycles. The van der Waals surface area contributed by atoms with Gasteiger partial charge in [0, 0.05) is 12.1 Å². The Balaban J connectivity index is 1.55. The largest absolute Gasteiger partial charge is 0.483 e. The molecule has 0 fully saturated rings. The second-order valence-electron chi connectivity index (χ2n) is 5.80. The molecule has 0 aliphatic rings. The average molecular weight is 334 g/mol. The van der Waals surface area contributed by atoms with Crippen LogP contribution in [0.1, 0.15) is 18.4 Å². The van der Waals surface area contributed by atoms with Crippen LogP contribution in [-0.4, -0.2) is 19.7 Å². The van der Waals surface area contributed by atoms with E-state index in [4.69, 9.17) is 9.26 Å². The molecule has 0 bridgehead atoms. The van der Waals surface area contributed by atoms with Crippen LogP contribution < -0.4 is 4.74 Å². The van der Waals surface area contributed by atoms with Crippen LogP contribution in [0.2, 0.25) is 0 Å². The molecule has 6 heteroatoms.